The van der Waals surface area contributed by atoms with E-state index in [1.807, 2.05) is 0 Å². The zero-order chi connectivity index (χ0) is 15.6. The van der Waals surface area contributed by atoms with Gasteiger partial charge < -0.3 is 15.8 Å². The highest BCUT2D eigenvalue weighted by Crippen LogP contribution is 2.18. The van der Waals surface area contributed by atoms with Crippen molar-refractivity contribution in [1.29, 1.82) is 0 Å². The zero-order valence-electron chi connectivity index (χ0n) is 11.4. The van der Waals surface area contributed by atoms with Crippen molar-refractivity contribution in [3.05, 3.63) is 41.0 Å². The average molecular weight is 292 g/mol. The summed E-state index contributed by atoms with van der Waals surface area (Å²) in [5, 5.41) is 8.84. The number of esters is 1. The molecule has 0 spiro atoms. The smallest absolute Gasteiger partial charge is 0.340 e. The summed E-state index contributed by atoms with van der Waals surface area (Å²) in [4.78, 5) is 23.4. The number of methoxy groups -OCH3 is 1. The molecule has 0 aliphatic carbocycles. The monoisotopic (exact) mass is 292 g/mol. The van der Waals surface area contributed by atoms with Crippen LogP contribution in [0.2, 0.25) is 0 Å². The Bertz CT molecular complexity index is 711. The number of hydrogen-bond acceptors (Lipinski definition) is 5. The number of benzene rings is 1. The molecule has 1 heterocycles. The Morgan fingerprint density at radius 2 is 2.14 bits per heavy atom. The number of aromatic amines is 1. The van der Waals surface area contributed by atoms with Crippen LogP contribution in [0.25, 0.3) is 0 Å². The highest BCUT2D eigenvalue weighted by atomic mass is 19.1. The number of hydrogen-bond donors (Lipinski definition) is 3. The lowest BCUT2D eigenvalue weighted by Gasteiger charge is -2.07. The van der Waals surface area contributed by atoms with Crippen molar-refractivity contribution in [1.82, 2.24) is 10.2 Å². The van der Waals surface area contributed by atoms with Crippen molar-refractivity contribution >= 4 is 23.3 Å². The van der Waals surface area contributed by atoms with Crippen molar-refractivity contribution in [2.45, 2.75) is 6.92 Å². The maximum Gasteiger partial charge on any atom is 0.340 e. The summed E-state index contributed by atoms with van der Waals surface area (Å²) in [5.74, 6) is -2.15. The van der Waals surface area contributed by atoms with Gasteiger partial charge in [0.05, 0.1) is 24.1 Å². The average Bonchev–Trinajstić information content (AvgIpc) is 2.80. The highest BCUT2D eigenvalue weighted by Gasteiger charge is 2.17. The molecule has 0 saturated heterocycles. The van der Waals surface area contributed by atoms with Crippen LogP contribution >= 0.6 is 0 Å². The van der Waals surface area contributed by atoms with Gasteiger partial charge >= 0.3 is 5.97 Å². The Hall–Kier alpha value is -2.90. The summed E-state index contributed by atoms with van der Waals surface area (Å²) in [7, 11) is 1.14. The number of aromatic nitrogens is 2. The van der Waals surface area contributed by atoms with E-state index in [1.165, 1.54) is 12.1 Å². The van der Waals surface area contributed by atoms with Gasteiger partial charge in [0.1, 0.15) is 5.82 Å². The molecule has 0 radical (unpaired) electrons. The third-order valence-corrected chi connectivity index (χ3v) is 2.84. The van der Waals surface area contributed by atoms with E-state index in [-0.39, 0.29) is 22.6 Å². The Balaban J connectivity index is 2.26. The minimum atomic E-state index is -0.835. The number of halogens is 1. The standard InChI is InChI=1S/C13H13FN4O3/c1-6-10(15)11(18-17-6)12(19)16-7-3-4-9(14)8(5-7)13(20)21-2/h3-5H,15H2,1-2H3,(H,16,19)(H,17,18). The summed E-state index contributed by atoms with van der Waals surface area (Å²) in [5.41, 5.74) is 6.45. The van der Waals surface area contributed by atoms with Gasteiger partial charge in [-0.2, -0.15) is 5.10 Å². The first-order valence-corrected chi connectivity index (χ1v) is 5.93. The van der Waals surface area contributed by atoms with E-state index in [2.05, 4.69) is 20.3 Å². The Labute approximate surface area is 119 Å². The van der Waals surface area contributed by atoms with Crippen LogP contribution in [-0.4, -0.2) is 29.2 Å². The number of amides is 1. The fourth-order valence-electron chi connectivity index (χ4n) is 1.67. The molecule has 2 aromatic rings. The van der Waals surface area contributed by atoms with E-state index in [0.717, 1.165) is 13.2 Å². The number of ether oxygens (including phenoxy) is 1. The summed E-state index contributed by atoms with van der Waals surface area (Å²) in [6.07, 6.45) is 0. The molecule has 1 amide bonds. The zero-order valence-corrected chi connectivity index (χ0v) is 11.4. The minimum absolute atomic E-state index is 0.0245. The fourth-order valence-corrected chi connectivity index (χ4v) is 1.67. The van der Waals surface area contributed by atoms with Gasteiger partial charge in [0.25, 0.3) is 5.91 Å². The number of H-pyrrole nitrogens is 1. The van der Waals surface area contributed by atoms with Gasteiger partial charge in [0, 0.05) is 5.69 Å². The highest BCUT2D eigenvalue weighted by molar-refractivity contribution is 6.07. The molecule has 1 aromatic heterocycles. The normalized spacial score (nSPS) is 10.2. The number of carbonyl (C=O) groups is 2. The largest absolute Gasteiger partial charge is 0.465 e. The molecule has 0 bridgehead atoms. The quantitative estimate of drug-likeness (QED) is 0.742. The minimum Gasteiger partial charge on any atom is -0.465 e. The van der Waals surface area contributed by atoms with E-state index in [9.17, 15) is 14.0 Å². The van der Waals surface area contributed by atoms with Crippen LogP contribution in [0.4, 0.5) is 15.8 Å². The summed E-state index contributed by atoms with van der Waals surface area (Å²) in [6, 6.07) is 3.55. The van der Waals surface area contributed by atoms with E-state index < -0.39 is 17.7 Å². The number of anilines is 2. The molecule has 0 aliphatic rings. The van der Waals surface area contributed by atoms with Crippen molar-refractivity contribution in [2.24, 2.45) is 0 Å². The molecule has 4 N–H and O–H groups in total. The van der Waals surface area contributed by atoms with Crippen molar-refractivity contribution in [2.75, 3.05) is 18.2 Å². The summed E-state index contributed by atoms with van der Waals surface area (Å²) < 4.78 is 17.9. The van der Waals surface area contributed by atoms with Crippen LogP contribution in [-0.2, 0) is 4.74 Å². The first-order valence-electron chi connectivity index (χ1n) is 5.93. The van der Waals surface area contributed by atoms with Gasteiger partial charge in [-0.15, -0.1) is 0 Å². The lowest BCUT2D eigenvalue weighted by molar-refractivity contribution is 0.0595. The van der Waals surface area contributed by atoms with Crippen LogP contribution in [0.1, 0.15) is 26.5 Å². The van der Waals surface area contributed by atoms with Crippen molar-refractivity contribution in [3.8, 4) is 0 Å². The molecule has 1 aromatic carbocycles. The topological polar surface area (TPSA) is 110 Å². The lowest BCUT2D eigenvalue weighted by atomic mass is 10.2. The van der Waals surface area contributed by atoms with E-state index in [0.29, 0.717) is 5.69 Å². The van der Waals surface area contributed by atoms with Crippen LogP contribution in [0, 0.1) is 12.7 Å². The predicted octanol–water partition coefficient (Wildman–Crippen LogP) is 1.48. The third kappa shape index (κ3) is 2.83. The van der Waals surface area contributed by atoms with Gasteiger partial charge in [-0.25, -0.2) is 9.18 Å². The van der Waals surface area contributed by atoms with Crippen molar-refractivity contribution in [3.63, 3.8) is 0 Å². The second kappa shape index (κ2) is 5.61. The number of rotatable bonds is 3. The van der Waals surface area contributed by atoms with Crippen LogP contribution in [0.5, 0.6) is 0 Å². The molecular formula is C13H13FN4O3. The molecule has 0 fully saturated rings. The molecule has 0 aliphatic heterocycles. The second-order valence-electron chi connectivity index (χ2n) is 4.25. The van der Waals surface area contributed by atoms with E-state index in [1.54, 1.807) is 6.92 Å². The molecule has 8 heteroatoms. The van der Waals surface area contributed by atoms with Crippen LogP contribution < -0.4 is 11.1 Å². The first-order chi connectivity index (χ1) is 9.93. The summed E-state index contributed by atoms with van der Waals surface area (Å²) in [6.45, 7) is 1.67. The Morgan fingerprint density at radius 1 is 1.43 bits per heavy atom. The van der Waals surface area contributed by atoms with Gasteiger partial charge in [-0.1, -0.05) is 0 Å². The number of carbonyl (C=O) groups excluding carboxylic acids is 2. The number of aryl methyl sites for hydroxylation is 1. The summed E-state index contributed by atoms with van der Waals surface area (Å²) >= 11 is 0. The number of nitrogens with two attached hydrogens (primary N) is 1. The molecular weight excluding hydrogens is 279 g/mol. The third-order valence-electron chi connectivity index (χ3n) is 2.84. The van der Waals surface area contributed by atoms with Gasteiger partial charge in [0.15, 0.2) is 5.69 Å². The molecule has 0 unspecified atom stereocenters. The number of nitrogens with one attached hydrogen (secondary N) is 2. The SMILES string of the molecule is COC(=O)c1cc(NC(=O)c2n[nH]c(C)c2N)ccc1F. The predicted molar refractivity (Wildman–Crippen MR) is 73.4 cm³/mol. The van der Waals surface area contributed by atoms with Crippen molar-refractivity contribution < 1.29 is 18.7 Å². The Morgan fingerprint density at radius 3 is 2.71 bits per heavy atom. The maximum absolute atomic E-state index is 13.5. The first kappa shape index (κ1) is 14.5. The second-order valence-corrected chi connectivity index (χ2v) is 4.25. The molecule has 0 atom stereocenters. The molecule has 110 valence electrons. The number of nitrogens with zero attached hydrogens (tertiary/aromatic N) is 1. The maximum atomic E-state index is 13.5. The lowest BCUT2D eigenvalue weighted by Crippen LogP contribution is -2.15. The van der Waals surface area contributed by atoms with Gasteiger partial charge in [-0.3, -0.25) is 9.89 Å². The molecule has 7 nitrogen and oxygen atoms in total. The Kier molecular flexibility index (Phi) is 3.88. The van der Waals surface area contributed by atoms with Crippen LogP contribution in [0.3, 0.4) is 0 Å². The van der Waals surface area contributed by atoms with E-state index >= 15 is 0 Å². The van der Waals surface area contributed by atoms with Crippen LogP contribution in [0.15, 0.2) is 18.2 Å². The van der Waals surface area contributed by atoms with E-state index in [4.69, 9.17) is 5.73 Å². The number of nitrogen functional groups attached to an aromatic ring is 1. The molecule has 0 saturated carbocycles. The molecule has 2 rings (SSSR count). The van der Waals surface area contributed by atoms with Gasteiger partial charge in [-0.05, 0) is 25.1 Å². The van der Waals surface area contributed by atoms with Gasteiger partial charge in [0.2, 0.25) is 0 Å². The fraction of sp³-hybridized carbons (Fsp3) is 0.154. The molecule has 21 heavy (non-hydrogen) atoms.